The van der Waals surface area contributed by atoms with E-state index in [0.29, 0.717) is 33.6 Å². The van der Waals surface area contributed by atoms with Gasteiger partial charge in [0.1, 0.15) is 34.8 Å². The average molecular weight is 734 g/mol. The van der Waals surface area contributed by atoms with Crippen LogP contribution in [0.15, 0.2) is 128 Å². The molecule has 6 rings (SSSR count). The Balaban J connectivity index is 0.000000181. The molecule has 0 saturated carbocycles. The lowest BCUT2D eigenvalue weighted by Crippen LogP contribution is -2.12. The van der Waals surface area contributed by atoms with Crippen LogP contribution in [-0.2, 0) is 0 Å². The topological polar surface area (TPSA) is 154 Å². The molecule has 0 aliphatic rings. The first-order valence-corrected chi connectivity index (χ1v) is 15.2. The molecule has 2 heterocycles. The van der Waals surface area contributed by atoms with Crippen molar-refractivity contribution in [2.75, 3.05) is 0 Å². The Morgan fingerprint density at radius 2 is 0.891 bits per heavy atom. The molecule has 0 unspecified atom stereocenters. The zero-order valence-corrected chi connectivity index (χ0v) is 26.9. The number of aromatic amines is 2. The molecule has 6 aromatic rings. The van der Waals surface area contributed by atoms with Crippen LogP contribution in [0.1, 0.15) is 11.1 Å². The van der Waals surface area contributed by atoms with E-state index in [1.165, 1.54) is 12.1 Å². The van der Waals surface area contributed by atoms with E-state index < -0.39 is 11.1 Å². The van der Waals surface area contributed by atoms with Gasteiger partial charge in [0.25, 0.3) is 11.1 Å². The van der Waals surface area contributed by atoms with Crippen molar-refractivity contribution >= 4 is 31.9 Å². The minimum atomic E-state index is -0.483. The molecule has 10 heteroatoms. The molecule has 4 N–H and O–H groups in total. The summed E-state index contributed by atoms with van der Waals surface area (Å²) in [7, 11) is 0. The van der Waals surface area contributed by atoms with Crippen molar-refractivity contribution < 1.29 is 10.2 Å². The zero-order valence-electron chi connectivity index (χ0n) is 23.8. The van der Waals surface area contributed by atoms with Gasteiger partial charge in [-0.1, -0.05) is 92.5 Å². The van der Waals surface area contributed by atoms with Crippen LogP contribution in [0.25, 0.3) is 44.8 Å². The van der Waals surface area contributed by atoms with Gasteiger partial charge in [-0.3, -0.25) is 9.59 Å². The van der Waals surface area contributed by atoms with Crippen molar-refractivity contribution in [2.45, 2.75) is 0 Å². The third-order valence-electron chi connectivity index (χ3n) is 6.96. The number of hydrogen-bond donors (Lipinski definition) is 4. The van der Waals surface area contributed by atoms with Gasteiger partial charge in [-0.05, 0) is 59.7 Å². The van der Waals surface area contributed by atoms with Gasteiger partial charge >= 0.3 is 0 Å². The molecule has 0 atom stereocenters. The number of H-pyrrole nitrogens is 2. The van der Waals surface area contributed by atoms with Crippen LogP contribution >= 0.6 is 31.9 Å². The second-order valence-electron chi connectivity index (χ2n) is 9.88. The highest BCUT2D eigenvalue weighted by Crippen LogP contribution is 2.34. The number of rotatable bonds is 4. The smallest absolute Gasteiger partial charge is 0.266 e. The van der Waals surface area contributed by atoms with E-state index >= 15 is 0 Å². The van der Waals surface area contributed by atoms with Crippen molar-refractivity contribution in [3.05, 3.63) is 150 Å². The fourth-order valence-corrected chi connectivity index (χ4v) is 5.49. The summed E-state index contributed by atoms with van der Waals surface area (Å²) in [5.74, 6) is 0.0974. The number of phenolic OH excluding ortho intramolecular Hbond substituents is 2. The fourth-order valence-electron chi connectivity index (χ4n) is 4.77. The van der Waals surface area contributed by atoms with Gasteiger partial charge in [-0.2, -0.15) is 10.5 Å². The SMILES string of the molecule is N#Cc1c(-c2ccccc2)cc(-c2cc(Br)ccc2O)[nH]c1=O.N#Cc1c(-c2ccccc2)cc(-c2cc(Br)ccc2O)[nH]c1=O. The van der Waals surface area contributed by atoms with Gasteiger partial charge in [-0.25, -0.2) is 0 Å². The Labute approximate surface area is 279 Å². The van der Waals surface area contributed by atoms with Crippen LogP contribution in [0.2, 0.25) is 0 Å². The minimum Gasteiger partial charge on any atom is -0.507 e. The third kappa shape index (κ3) is 6.84. The molecule has 46 heavy (non-hydrogen) atoms. The lowest BCUT2D eigenvalue weighted by molar-refractivity contribution is 0.476. The normalized spacial score (nSPS) is 10.3. The number of halogens is 2. The molecule has 224 valence electrons. The monoisotopic (exact) mass is 732 g/mol. The van der Waals surface area contributed by atoms with Crippen LogP contribution < -0.4 is 11.1 Å². The number of hydrogen-bond acceptors (Lipinski definition) is 6. The van der Waals surface area contributed by atoms with Crippen molar-refractivity contribution in [3.8, 4) is 68.4 Å². The van der Waals surface area contributed by atoms with E-state index in [-0.39, 0.29) is 22.6 Å². The summed E-state index contributed by atoms with van der Waals surface area (Å²) in [6, 6.07) is 35.7. The van der Waals surface area contributed by atoms with Gasteiger partial charge < -0.3 is 20.2 Å². The largest absolute Gasteiger partial charge is 0.507 e. The number of aromatic nitrogens is 2. The second-order valence-corrected chi connectivity index (χ2v) is 11.7. The summed E-state index contributed by atoms with van der Waals surface area (Å²) in [5.41, 5.74) is 3.61. The van der Waals surface area contributed by atoms with E-state index in [2.05, 4.69) is 41.8 Å². The van der Waals surface area contributed by atoms with Gasteiger partial charge in [0, 0.05) is 31.2 Å². The van der Waals surface area contributed by atoms with E-state index in [1.54, 1.807) is 36.4 Å². The van der Waals surface area contributed by atoms with Crippen molar-refractivity contribution in [3.63, 3.8) is 0 Å². The van der Waals surface area contributed by atoms with Gasteiger partial charge in [0.15, 0.2) is 0 Å². The summed E-state index contributed by atoms with van der Waals surface area (Å²) in [5, 5.41) is 38.7. The van der Waals surface area contributed by atoms with Crippen LogP contribution in [0, 0.1) is 22.7 Å². The number of benzene rings is 4. The number of nitriles is 2. The molecular weight excluding hydrogens is 712 g/mol. The highest BCUT2D eigenvalue weighted by molar-refractivity contribution is 9.10. The molecule has 0 spiro atoms. The molecule has 0 radical (unpaired) electrons. The standard InChI is InChI=1S/2C18H11BrN2O2/c2*19-12-6-7-17(22)14(8-12)16-9-13(11-4-2-1-3-5-11)15(10-20)18(23)21-16/h2*1-9,22H,(H,21,23). The number of phenols is 2. The average Bonchev–Trinajstić information content (AvgIpc) is 3.07. The van der Waals surface area contributed by atoms with Crippen LogP contribution in [0.3, 0.4) is 0 Å². The Morgan fingerprint density at radius 1 is 0.522 bits per heavy atom. The number of nitrogens with zero attached hydrogens (tertiary/aromatic N) is 2. The summed E-state index contributed by atoms with van der Waals surface area (Å²) in [6.45, 7) is 0. The predicted octanol–water partition coefficient (Wildman–Crippen LogP) is 8.10. The molecule has 2 aromatic heterocycles. The Hall–Kier alpha value is -5.68. The molecule has 4 aromatic carbocycles. The molecule has 0 saturated heterocycles. The molecule has 0 amide bonds. The zero-order chi connectivity index (χ0) is 32.8. The highest BCUT2D eigenvalue weighted by Gasteiger charge is 2.16. The quantitative estimate of drug-likeness (QED) is 0.144. The first-order valence-electron chi connectivity index (χ1n) is 13.6. The van der Waals surface area contributed by atoms with E-state index in [9.17, 15) is 30.3 Å². The number of aromatic hydroxyl groups is 2. The lowest BCUT2D eigenvalue weighted by Gasteiger charge is -2.09. The summed E-state index contributed by atoms with van der Waals surface area (Å²) in [4.78, 5) is 29.9. The predicted molar refractivity (Wildman–Crippen MR) is 184 cm³/mol. The van der Waals surface area contributed by atoms with Crippen molar-refractivity contribution in [1.29, 1.82) is 10.5 Å². The van der Waals surface area contributed by atoms with Gasteiger partial charge in [0.2, 0.25) is 0 Å². The van der Waals surface area contributed by atoms with Gasteiger partial charge in [-0.15, -0.1) is 0 Å². The molecule has 0 bridgehead atoms. The Bertz CT molecular complexity index is 2110. The fraction of sp³-hybridized carbons (Fsp3) is 0. The van der Waals surface area contributed by atoms with E-state index in [4.69, 9.17) is 0 Å². The molecular formula is C36H22Br2N4O4. The third-order valence-corrected chi connectivity index (χ3v) is 7.94. The minimum absolute atomic E-state index is 0.0487. The second kappa shape index (κ2) is 14.0. The molecule has 0 aliphatic carbocycles. The van der Waals surface area contributed by atoms with Gasteiger partial charge in [0.05, 0.1) is 11.4 Å². The number of nitrogens with one attached hydrogen (secondary N) is 2. The highest BCUT2D eigenvalue weighted by atomic mass is 79.9. The lowest BCUT2D eigenvalue weighted by atomic mass is 9.99. The molecule has 0 fully saturated rings. The molecule has 0 aliphatic heterocycles. The van der Waals surface area contributed by atoms with Crippen molar-refractivity contribution in [2.24, 2.45) is 0 Å². The molecule has 8 nitrogen and oxygen atoms in total. The first kappa shape index (κ1) is 31.7. The number of pyridine rings is 2. The first-order chi connectivity index (χ1) is 22.2. The summed E-state index contributed by atoms with van der Waals surface area (Å²) >= 11 is 6.70. The van der Waals surface area contributed by atoms with E-state index in [0.717, 1.165) is 20.1 Å². The maximum atomic E-state index is 12.3. The maximum absolute atomic E-state index is 12.3. The Morgan fingerprint density at radius 3 is 1.24 bits per heavy atom. The van der Waals surface area contributed by atoms with Crippen LogP contribution in [0.4, 0.5) is 0 Å². The Kier molecular flexibility index (Phi) is 9.63. The summed E-state index contributed by atoms with van der Waals surface area (Å²) < 4.78 is 1.55. The summed E-state index contributed by atoms with van der Waals surface area (Å²) in [6.07, 6.45) is 0. The van der Waals surface area contributed by atoms with E-state index in [1.807, 2.05) is 72.8 Å². The van der Waals surface area contributed by atoms with Crippen LogP contribution in [-0.4, -0.2) is 20.2 Å². The van der Waals surface area contributed by atoms with Crippen LogP contribution in [0.5, 0.6) is 11.5 Å². The maximum Gasteiger partial charge on any atom is 0.266 e. The van der Waals surface area contributed by atoms with Crippen molar-refractivity contribution in [1.82, 2.24) is 9.97 Å².